The van der Waals surface area contributed by atoms with Gasteiger partial charge in [0.05, 0.1) is 25.7 Å². The lowest BCUT2D eigenvalue weighted by molar-refractivity contribution is -0.132. The highest BCUT2D eigenvalue weighted by atomic mass is 32.2. The Morgan fingerprint density at radius 3 is 2.19 bits per heavy atom. The monoisotopic (exact) mass is 519 g/mol. The van der Waals surface area contributed by atoms with Crippen molar-refractivity contribution in [3.63, 3.8) is 0 Å². The van der Waals surface area contributed by atoms with E-state index < -0.39 is 10.0 Å². The summed E-state index contributed by atoms with van der Waals surface area (Å²) in [7, 11) is -0.990. The molecule has 1 aliphatic heterocycles. The van der Waals surface area contributed by atoms with E-state index in [4.69, 9.17) is 9.47 Å². The van der Waals surface area contributed by atoms with E-state index in [1.807, 2.05) is 0 Å². The van der Waals surface area contributed by atoms with Crippen LogP contribution < -0.4 is 14.4 Å². The number of hydrogen-bond acceptors (Lipinski definition) is 6. The first-order valence-corrected chi connectivity index (χ1v) is 13.8. The van der Waals surface area contributed by atoms with Gasteiger partial charge in [-0.1, -0.05) is 19.3 Å². The van der Waals surface area contributed by atoms with Crippen LogP contribution in [0.2, 0.25) is 0 Å². The molecular formula is C26H34FN3O5S. The molecule has 0 spiro atoms. The summed E-state index contributed by atoms with van der Waals surface area (Å²) in [4.78, 5) is 17.3. The number of carbonyl (C=O) groups excluding carboxylic acids is 1. The number of rotatable bonds is 8. The highest BCUT2D eigenvalue weighted by Crippen LogP contribution is 2.33. The molecule has 2 aliphatic rings. The molecule has 1 saturated heterocycles. The number of methoxy groups -OCH3 is 2. The van der Waals surface area contributed by atoms with Gasteiger partial charge in [0.2, 0.25) is 15.9 Å². The van der Waals surface area contributed by atoms with Gasteiger partial charge >= 0.3 is 0 Å². The number of amides is 1. The molecule has 4 rings (SSSR count). The SMILES string of the molecule is COc1ccc(S(=O)(=O)N(CC(=O)N2CCN(c3ccc(F)cc3)CC2)C2CCCCC2)cc1OC. The topological polar surface area (TPSA) is 79.4 Å². The van der Waals surface area contributed by atoms with Crippen LogP contribution in [0.15, 0.2) is 47.4 Å². The number of nitrogens with zero attached hydrogens (tertiary/aromatic N) is 3. The van der Waals surface area contributed by atoms with E-state index in [1.165, 1.54) is 42.8 Å². The van der Waals surface area contributed by atoms with Crippen molar-refractivity contribution >= 4 is 21.6 Å². The predicted octanol–water partition coefficient (Wildman–Crippen LogP) is 3.52. The highest BCUT2D eigenvalue weighted by molar-refractivity contribution is 7.89. The Bertz CT molecular complexity index is 1140. The molecule has 1 heterocycles. The van der Waals surface area contributed by atoms with Crippen LogP contribution in [-0.4, -0.2) is 76.5 Å². The Balaban J connectivity index is 1.50. The zero-order chi connectivity index (χ0) is 25.7. The third-order valence-corrected chi connectivity index (χ3v) is 8.95. The first-order chi connectivity index (χ1) is 17.3. The summed E-state index contributed by atoms with van der Waals surface area (Å²) in [6.07, 6.45) is 4.41. The van der Waals surface area contributed by atoms with Gasteiger partial charge in [-0.2, -0.15) is 4.31 Å². The lowest BCUT2D eigenvalue weighted by Crippen LogP contribution is -2.53. The van der Waals surface area contributed by atoms with Crippen molar-refractivity contribution in [3.8, 4) is 11.5 Å². The van der Waals surface area contributed by atoms with Gasteiger partial charge < -0.3 is 19.3 Å². The number of carbonyl (C=O) groups is 1. The van der Waals surface area contributed by atoms with Crippen LogP contribution >= 0.6 is 0 Å². The third-order valence-electron chi connectivity index (χ3n) is 7.06. The van der Waals surface area contributed by atoms with Crippen molar-refractivity contribution in [1.82, 2.24) is 9.21 Å². The van der Waals surface area contributed by atoms with E-state index >= 15 is 0 Å². The molecule has 0 radical (unpaired) electrons. The van der Waals surface area contributed by atoms with Crippen molar-refractivity contribution in [2.24, 2.45) is 0 Å². The lowest BCUT2D eigenvalue weighted by atomic mass is 9.95. The van der Waals surface area contributed by atoms with Gasteiger partial charge in [0.1, 0.15) is 5.82 Å². The number of piperazine rings is 1. The molecule has 0 N–H and O–H groups in total. The van der Waals surface area contributed by atoms with E-state index in [0.29, 0.717) is 37.7 Å². The van der Waals surface area contributed by atoms with Gasteiger partial charge in [-0.25, -0.2) is 12.8 Å². The van der Waals surface area contributed by atoms with Crippen molar-refractivity contribution in [2.75, 3.05) is 51.8 Å². The molecule has 196 valence electrons. The summed E-state index contributed by atoms with van der Waals surface area (Å²) in [6.45, 7) is 1.96. The molecule has 0 unspecified atom stereocenters. The summed E-state index contributed by atoms with van der Waals surface area (Å²) >= 11 is 0. The Kier molecular flexibility index (Phi) is 8.35. The second-order valence-corrected chi connectivity index (χ2v) is 11.1. The van der Waals surface area contributed by atoms with Crippen molar-refractivity contribution in [2.45, 2.75) is 43.0 Å². The maximum Gasteiger partial charge on any atom is 0.243 e. The zero-order valence-electron chi connectivity index (χ0n) is 20.9. The molecule has 2 aromatic rings. The number of anilines is 1. The molecule has 1 aliphatic carbocycles. The Labute approximate surface area is 212 Å². The first-order valence-electron chi connectivity index (χ1n) is 12.4. The second kappa shape index (κ2) is 11.5. The zero-order valence-corrected chi connectivity index (χ0v) is 21.7. The van der Waals surface area contributed by atoms with Crippen LogP contribution in [0.1, 0.15) is 32.1 Å². The van der Waals surface area contributed by atoms with Crippen molar-refractivity contribution in [3.05, 3.63) is 48.3 Å². The molecule has 1 saturated carbocycles. The van der Waals surface area contributed by atoms with Crippen molar-refractivity contribution in [1.29, 1.82) is 0 Å². The van der Waals surface area contributed by atoms with Crippen LogP contribution in [-0.2, 0) is 14.8 Å². The number of ether oxygens (including phenoxy) is 2. The Hall–Kier alpha value is -2.85. The normalized spacial score (nSPS) is 17.3. The van der Waals surface area contributed by atoms with Gasteiger partial charge in [-0.15, -0.1) is 0 Å². The maximum atomic E-state index is 13.8. The minimum atomic E-state index is -3.95. The highest BCUT2D eigenvalue weighted by Gasteiger charge is 2.36. The smallest absolute Gasteiger partial charge is 0.243 e. The maximum absolute atomic E-state index is 13.8. The van der Waals surface area contributed by atoms with E-state index in [2.05, 4.69) is 4.90 Å². The minimum absolute atomic E-state index is 0.0830. The molecule has 0 atom stereocenters. The Morgan fingerprint density at radius 2 is 1.58 bits per heavy atom. The first kappa shape index (κ1) is 26.2. The Morgan fingerprint density at radius 1 is 0.944 bits per heavy atom. The molecule has 0 aromatic heterocycles. The van der Waals surface area contributed by atoms with Gasteiger partial charge in [-0.3, -0.25) is 4.79 Å². The minimum Gasteiger partial charge on any atom is -0.493 e. The molecule has 2 aromatic carbocycles. The van der Waals surface area contributed by atoms with Crippen LogP contribution in [0, 0.1) is 5.82 Å². The van der Waals surface area contributed by atoms with E-state index in [1.54, 1.807) is 23.1 Å². The number of halogens is 1. The fraction of sp³-hybridized carbons (Fsp3) is 0.500. The van der Waals surface area contributed by atoms with Crippen LogP contribution in [0.5, 0.6) is 11.5 Å². The van der Waals surface area contributed by atoms with E-state index in [9.17, 15) is 17.6 Å². The summed E-state index contributed by atoms with van der Waals surface area (Å²) in [5.41, 5.74) is 0.906. The average molecular weight is 520 g/mol. The summed E-state index contributed by atoms with van der Waals surface area (Å²) in [5, 5.41) is 0. The molecular weight excluding hydrogens is 485 g/mol. The quantitative estimate of drug-likeness (QED) is 0.531. The third kappa shape index (κ3) is 5.75. The fourth-order valence-corrected chi connectivity index (χ4v) is 6.64. The largest absolute Gasteiger partial charge is 0.493 e. The van der Waals surface area contributed by atoms with E-state index in [-0.39, 0.29) is 29.2 Å². The van der Waals surface area contributed by atoms with Crippen LogP contribution in [0.25, 0.3) is 0 Å². The summed E-state index contributed by atoms with van der Waals surface area (Å²) in [6, 6.07) is 10.6. The molecule has 8 nitrogen and oxygen atoms in total. The number of hydrogen-bond donors (Lipinski definition) is 0. The van der Waals surface area contributed by atoms with Gasteiger partial charge in [0.15, 0.2) is 11.5 Å². The van der Waals surface area contributed by atoms with Gasteiger partial charge in [0.25, 0.3) is 0 Å². The summed E-state index contributed by atoms with van der Waals surface area (Å²) < 4.78 is 52.8. The van der Waals surface area contributed by atoms with Gasteiger partial charge in [-0.05, 0) is 49.2 Å². The second-order valence-electron chi connectivity index (χ2n) is 9.20. The molecule has 10 heteroatoms. The van der Waals surface area contributed by atoms with E-state index in [0.717, 1.165) is 37.8 Å². The molecule has 0 bridgehead atoms. The van der Waals surface area contributed by atoms with Gasteiger partial charge in [0, 0.05) is 44.0 Å². The number of benzene rings is 2. The molecule has 1 amide bonds. The molecule has 2 fully saturated rings. The van der Waals surface area contributed by atoms with Crippen LogP contribution in [0.3, 0.4) is 0 Å². The number of sulfonamides is 1. The fourth-order valence-electron chi connectivity index (χ4n) is 4.99. The standard InChI is InChI=1S/C26H34FN3O5S/c1-34-24-13-12-23(18-25(24)35-2)36(32,33)30(22-6-4-3-5-7-22)19-26(31)29-16-14-28(15-17-29)21-10-8-20(27)9-11-21/h8-13,18,22H,3-7,14-17,19H2,1-2H3. The predicted molar refractivity (Wildman–Crippen MR) is 136 cm³/mol. The lowest BCUT2D eigenvalue weighted by Gasteiger charge is -2.38. The van der Waals surface area contributed by atoms with Crippen molar-refractivity contribution < 1.29 is 27.1 Å². The summed E-state index contributed by atoms with van der Waals surface area (Å²) in [5.74, 6) is 0.274. The molecule has 36 heavy (non-hydrogen) atoms. The average Bonchev–Trinajstić information content (AvgIpc) is 2.92. The van der Waals surface area contributed by atoms with Crippen LogP contribution in [0.4, 0.5) is 10.1 Å².